The predicted octanol–water partition coefficient (Wildman–Crippen LogP) is 3.35. The Morgan fingerprint density at radius 1 is 1.14 bits per heavy atom. The summed E-state index contributed by atoms with van der Waals surface area (Å²) in [6, 6.07) is 9.23. The number of nitrogen functional groups attached to an aromatic ring is 1. The largest absolute Gasteiger partial charge is 0.394 e. The van der Waals surface area contributed by atoms with E-state index in [1.165, 1.54) is 0 Å². The van der Waals surface area contributed by atoms with Gasteiger partial charge in [0.1, 0.15) is 17.3 Å². The van der Waals surface area contributed by atoms with Gasteiger partial charge in [-0.2, -0.15) is 0 Å². The maximum atomic E-state index is 13.4. The number of amides is 1. The molecule has 1 atom stereocenters. The minimum atomic E-state index is -0.942. The van der Waals surface area contributed by atoms with Gasteiger partial charge < -0.3 is 11.1 Å². The molecule has 3 nitrogen and oxygen atoms in total. The van der Waals surface area contributed by atoms with E-state index in [9.17, 15) is 13.6 Å². The molecule has 0 fully saturated rings. The van der Waals surface area contributed by atoms with Crippen molar-refractivity contribution >= 4 is 11.6 Å². The van der Waals surface area contributed by atoms with E-state index in [4.69, 9.17) is 5.73 Å². The minimum Gasteiger partial charge on any atom is -0.394 e. The molecule has 110 valence electrons. The van der Waals surface area contributed by atoms with Gasteiger partial charge in [0, 0.05) is 5.56 Å². The number of halogens is 2. The number of nitrogens with one attached hydrogen (secondary N) is 1. The zero-order valence-electron chi connectivity index (χ0n) is 11.8. The quantitative estimate of drug-likeness (QED) is 0.852. The lowest BCUT2D eigenvalue weighted by atomic mass is 10.1. The molecule has 1 unspecified atom stereocenters. The molecule has 0 aliphatic rings. The first kappa shape index (κ1) is 15.0. The summed E-state index contributed by atoms with van der Waals surface area (Å²) in [6.07, 6.45) is 0. The van der Waals surface area contributed by atoms with Gasteiger partial charge >= 0.3 is 0 Å². The molecule has 0 spiro atoms. The molecule has 1 amide bonds. The Morgan fingerprint density at radius 3 is 2.19 bits per heavy atom. The highest BCUT2D eigenvalue weighted by Crippen LogP contribution is 2.19. The first-order chi connectivity index (χ1) is 9.88. The van der Waals surface area contributed by atoms with Crippen LogP contribution in [-0.2, 0) is 0 Å². The Balaban J connectivity index is 2.16. The van der Waals surface area contributed by atoms with Crippen molar-refractivity contribution in [1.29, 1.82) is 0 Å². The van der Waals surface area contributed by atoms with E-state index in [1.807, 2.05) is 31.2 Å². The first-order valence-electron chi connectivity index (χ1n) is 6.50. The van der Waals surface area contributed by atoms with E-state index in [1.54, 1.807) is 6.92 Å². The molecule has 3 N–H and O–H groups in total. The number of carbonyl (C=O) groups excluding carboxylic acids is 1. The highest BCUT2D eigenvalue weighted by molar-refractivity contribution is 5.94. The van der Waals surface area contributed by atoms with Crippen molar-refractivity contribution < 1.29 is 13.6 Å². The third kappa shape index (κ3) is 3.37. The van der Waals surface area contributed by atoms with Crippen LogP contribution in [0.15, 0.2) is 36.4 Å². The van der Waals surface area contributed by atoms with E-state index < -0.39 is 23.2 Å². The average molecular weight is 290 g/mol. The molecule has 2 aromatic rings. The molecule has 0 aromatic heterocycles. The predicted molar refractivity (Wildman–Crippen MR) is 77.8 cm³/mol. The molecule has 21 heavy (non-hydrogen) atoms. The maximum Gasteiger partial charge on any atom is 0.251 e. The number of anilines is 1. The van der Waals surface area contributed by atoms with Crippen molar-refractivity contribution in [3.63, 3.8) is 0 Å². The highest BCUT2D eigenvalue weighted by Gasteiger charge is 2.15. The highest BCUT2D eigenvalue weighted by atomic mass is 19.1. The van der Waals surface area contributed by atoms with Crippen LogP contribution in [-0.4, -0.2) is 5.91 Å². The Kier molecular flexibility index (Phi) is 4.21. The van der Waals surface area contributed by atoms with Crippen LogP contribution in [0.1, 0.15) is 34.5 Å². The Labute approximate surface area is 121 Å². The summed E-state index contributed by atoms with van der Waals surface area (Å²) in [6.45, 7) is 3.76. The summed E-state index contributed by atoms with van der Waals surface area (Å²) in [5.41, 5.74) is 6.51. The van der Waals surface area contributed by atoms with E-state index in [0.717, 1.165) is 23.3 Å². The molecule has 2 aromatic carbocycles. The number of hydrogen-bond acceptors (Lipinski definition) is 2. The van der Waals surface area contributed by atoms with Crippen LogP contribution in [0, 0.1) is 18.6 Å². The molecule has 0 saturated carbocycles. The minimum absolute atomic E-state index is 0.0989. The molecule has 0 aliphatic heterocycles. The molecule has 2 rings (SSSR count). The smallest absolute Gasteiger partial charge is 0.251 e. The third-order valence-electron chi connectivity index (χ3n) is 3.27. The van der Waals surface area contributed by atoms with Gasteiger partial charge in [0.15, 0.2) is 0 Å². The third-order valence-corrected chi connectivity index (χ3v) is 3.27. The molecule has 5 heteroatoms. The number of nitrogens with two attached hydrogens (primary N) is 1. The van der Waals surface area contributed by atoms with Gasteiger partial charge in [-0.15, -0.1) is 0 Å². The fourth-order valence-corrected chi connectivity index (χ4v) is 1.93. The van der Waals surface area contributed by atoms with Gasteiger partial charge in [0.2, 0.25) is 0 Å². The number of rotatable bonds is 3. The van der Waals surface area contributed by atoms with E-state index in [-0.39, 0.29) is 11.6 Å². The van der Waals surface area contributed by atoms with Gasteiger partial charge in [0.25, 0.3) is 5.91 Å². The normalized spacial score (nSPS) is 12.0. The first-order valence-corrected chi connectivity index (χ1v) is 6.50. The lowest BCUT2D eigenvalue weighted by molar-refractivity contribution is 0.0939. The number of carbonyl (C=O) groups is 1. The zero-order chi connectivity index (χ0) is 15.6. The topological polar surface area (TPSA) is 55.1 Å². The Hall–Kier alpha value is -2.43. The molecule has 0 heterocycles. The van der Waals surface area contributed by atoms with Crippen LogP contribution in [0.5, 0.6) is 0 Å². The number of hydrogen-bond donors (Lipinski definition) is 2. The average Bonchev–Trinajstić information content (AvgIpc) is 2.44. The van der Waals surface area contributed by atoms with Crippen molar-refractivity contribution in [2.75, 3.05) is 5.73 Å². The number of aryl methyl sites for hydroxylation is 1. The number of benzene rings is 2. The van der Waals surface area contributed by atoms with Gasteiger partial charge in [-0.3, -0.25) is 4.79 Å². The Morgan fingerprint density at radius 2 is 1.67 bits per heavy atom. The van der Waals surface area contributed by atoms with Crippen LogP contribution < -0.4 is 11.1 Å². The van der Waals surface area contributed by atoms with Crippen molar-refractivity contribution in [3.8, 4) is 0 Å². The van der Waals surface area contributed by atoms with Crippen molar-refractivity contribution in [2.45, 2.75) is 19.9 Å². The molecular formula is C16H16F2N2O. The van der Waals surface area contributed by atoms with E-state index in [0.29, 0.717) is 0 Å². The monoisotopic (exact) mass is 290 g/mol. The zero-order valence-corrected chi connectivity index (χ0v) is 11.8. The second kappa shape index (κ2) is 5.91. The summed E-state index contributed by atoms with van der Waals surface area (Å²) < 4.78 is 26.7. The SMILES string of the molecule is Cc1ccc(C(C)NC(=O)c2cc(F)c(N)c(F)c2)cc1. The summed E-state index contributed by atoms with van der Waals surface area (Å²) in [4.78, 5) is 12.0. The molecule has 0 radical (unpaired) electrons. The second-order valence-electron chi connectivity index (χ2n) is 4.96. The van der Waals surface area contributed by atoms with Gasteiger partial charge in [-0.25, -0.2) is 8.78 Å². The van der Waals surface area contributed by atoms with Gasteiger partial charge in [-0.05, 0) is 31.5 Å². The molecular weight excluding hydrogens is 274 g/mol. The van der Waals surface area contributed by atoms with Crippen LogP contribution in [0.3, 0.4) is 0 Å². The van der Waals surface area contributed by atoms with Crippen molar-refractivity contribution in [1.82, 2.24) is 5.32 Å². The van der Waals surface area contributed by atoms with Crippen LogP contribution in [0.25, 0.3) is 0 Å². The standard InChI is InChI=1S/C16H16F2N2O/c1-9-3-5-11(6-4-9)10(2)20-16(21)12-7-13(17)15(19)14(18)8-12/h3-8,10H,19H2,1-2H3,(H,20,21). The lowest BCUT2D eigenvalue weighted by Gasteiger charge is -2.15. The summed E-state index contributed by atoms with van der Waals surface area (Å²) in [5.74, 6) is -2.44. The summed E-state index contributed by atoms with van der Waals surface area (Å²) in [7, 11) is 0. The molecule has 0 aliphatic carbocycles. The Bertz CT molecular complexity index is 645. The van der Waals surface area contributed by atoms with Gasteiger partial charge in [0.05, 0.1) is 6.04 Å². The van der Waals surface area contributed by atoms with Crippen LogP contribution in [0.2, 0.25) is 0 Å². The fraction of sp³-hybridized carbons (Fsp3) is 0.188. The molecule has 0 saturated heterocycles. The fourth-order valence-electron chi connectivity index (χ4n) is 1.93. The lowest BCUT2D eigenvalue weighted by Crippen LogP contribution is -2.27. The second-order valence-corrected chi connectivity index (χ2v) is 4.96. The van der Waals surface area contributed by atoms with E-state index in [2.05, 4.69) is 5.32 Å². The van der Waals surface area contributed by atoms with Crippen molar-refractivity contribution in [3.05, 3.63) is 64.7 Å². The van der Waals surface area contributed by atoms with E-state index >= 15 is 0 Å². The van der Waals surface area contributed by atoms with Crippen LogP contribution >= 0.6 is 0 Å². The maximum absolute atomic E-state index is 13.4. The van der Waals surface area contributed by atoms with Crippen molar-refractivity contribution in [2.24, 2.45) is 0 Å². The van der Waals surface area contributed by atoms with Gasteiger partial charge in [-0.1, -0.05) is 29.8 Å². The summed E-state index contributed by atoms with van der Waals surface area (Å²) >= 11 is 0. The van der Waals surface area contributed by atoms with Crippen LogP contribution in [0.4, 0.5) is 14.5 Å². The summed E-state index contributed by atoms with van der Waals surface area (Å²) in [5, 5.41) is 2.69. The molecule has 0 bridgehead atoms.